The van der Waals surface area contributed by atoms with Gasteiger partial charge < -0.3 is 0 Å². The Morgan fingerprint density at radius 1 is 0.788 bits per heavy atom. The summed E-state index contributed by atoms with van der Waals surface area (Å²) in [4.78, 5) is 3.82. The number of halogens is 3. The lowest BCUT2D eigenvalue weighted by Crippen LogP contribution is -2.30. The predicted octanol–water partition coefficient (Wildman–Crippen LogP) is 6.41. The minimum atomic E-state index is -1.25. The second kappa shape index (κ2) is 10.9. The van der Waals surface area contributed by atoms with E-state index < -0.39 is 10.8 Å². The molecule has 0 bridgehead atoms. The Kier molecular flexibility index (Phi) is 7.78. The van der Waals surface area contributed by atoms with Crippen molar-refractivity contribution < 1.29 is 17.4 Å². The first-order valence-corrected chi connectivity index (χ1v) is 12.2. The molecule has 33 heavy (non-hydrogen) atoms. The topological polar surface area (TPSA) is 20.3 Å². The molecule has 0 radical (unpaired) electrons. The maximum atomic E-state index is 13.4. The summed E-state index contributed by atoms with van der Waals surface area (Å²) in [5.74, 6) is -0.816. The molecule has 0 aromatic heterocycles. The van der Waals surface area contributed by atoms with Crippen LogP contribution in [-0.4, -0.2) is 28.7 Å². The first kappa shape index (κ1) is 23.5. The minimum absolute atomic E-state index is 0.0630. The Labute approximate surface area is 195 Å². The van der Waals surface area contributed by atoms with E-state index in [1.807, 2.05) is 6.08 Å². The van der Waals surface area contributed by atoms with Crippen molar-refractivity contribution in [2.75, 3.05) is 19.6 Å². The molecule has 3 aromatic rings. The number of hydrogen-bond donors (Lipinski definition) is 0. The van der Waals surface area contributed by atoms with Gasteiger partial charge in [0.2, 0.25) is 0 Å². The van der Waals surface area contributed by atoms with Gasteiger partial charge in [-0.1, -0.05) is 30.3 Å². The van der Waals surface area contributed by atoms with E-state index in [-0.39, 0.29) is 23.4 Å². The van der Waals surface area contributed by atoms with E-state index >= 15 is 0 Å². The van der Waals surface area contributed by atoms with Crippen LogP contribution >= 0.6 is 0 Å². The van der Waals surface area contributed by atoms with Crippen LogP contribution in [0.25, 0.3) is 0 Å². The van der Waals surface area contributed by atoms with Gasteiger partial charge in [-0.2, -0.15) is 0 Å². The number of benzene rings is 3. The summed E-state index contributed by atoms with van der Waals surface area (Å²) < 4.78 is 52.7. The molecular formula is C27H26F3NOS. The Morgan fingerprint density at radius 2 is 1.30 bits per heavy atom. The van der Waals surface area contributed by atoms with Crippen molar-refractivity contribution in [3.8, 4) is 0 Å². The fraction of sp³-hybridized carbons (Fsp3) is 0.259. The lowest BCUT2D eigenvalue weighted by atomic mass is 9.87. The van der Waals surface area contributed by atoms with Crippen molar-refractivity contribution >= 4 is 10.8 Å². The van der Waals surface area contributed by atoms with E-state index in [0.29, 0.717) is 11.3 Å². The lowest BCUT2D eigenvalue weighted by molar-refractivity contribution is 0.288. The fourth-order valence-corrected chi connectivity index (χ4v) is 5.40. The van der Waals surface area contributed by atoms with Crippen LogP contribution in [0.5, 0.6) is 0 Å². The molecule has 0 N–H and O–H groups in total. The zero-order valence-electron chi connectivity index (χ0n) is 18.2. The third kappa shape index (κ3) is 6.21. The molecule has 1 aliphatic rings. The molecule has 0 amide bonds. The van der Waals surface area contributed by atoms with Crippen LogP contribution in [-0.2, 0) is 10.8 Å². The smallest absolute Gasteiger partial charge is 0.123 e. The van der Waals surface area contributed by atoms with Crippen molar-refractivity contribution in [2.24, 2.45) is 0 Å². The normalized spacial score (nSPS) is 15.5. The van der Waals surface area contributed by atoms with E-state index in [0.717, 1.165) is 48.5 Å². The van der Waals surface area contributed by atoms with Crippen molar-refractivity contribution in [3.63, 3.8) is 0 Å². The lowest BCUT2D eigenvalue weighted by Gasteiger charge is -2.27. The highest BCUT2D eigenvalue weighted by Crippen LogP contribution is 2.30. The van der Waals surface area contributed by atoms with Crippen LogP contribution in [0, 0.1) is 17.5 Å². The molecule has 2 nitrogen and oxygen atoms in total. The first-order valence-electron chi connectivity index (χ1n) is 11.1. The molecule has 0 fully saturated rings. The van der Waals surface area contributed by atoms with Gasteiger partial charge in [0.15, 0.2) is 0 Å². The quantitative estimate of drug-likeness (QED) is 0.380. The molecule has 1 unspecified atom stereocenters. The summed E-state index contributed by atoms with van der Waals surface area (Å²) in [5.41, 5.74) is 2.03. The second-order valence-corrected chi connectivity index (χ2v) is 9.77. The Hall–Kier alpha value is -2.70. The largest absolute Gasteiger partial charge is 0.299 e. The third-order valence-corrected chi connectivity index (χ3v) is 7.58. The maximum Gasteiger partial charge on any atom is 0.123 e. The third-order valence-electron chi connectivity index (χ3n) is 6.03. The Balaban J connectivity index is 1.35. The monoisotopic (exact) mass is 469 g/mol. The van der Waals surface area contributed by atoms with Gasteiger partial charge >= 0.3 is 0 Å². The van der Waals surface area contributed by atoms with Gasteiger partial charge in [0.05, 0.1) is 10.8 Å². The van der Waals surface area contributed by atoms with Gasteiger partial charge in [0.25, 0.3) is 0 Å². The summed E-state index contributed by atoms with van der Waals surface area (Å²) in [5, 5.41) is 0. The average Bonchev–Trinajstić information content (AvgIpc) is 2.84. The molecule has 6 heteroatoms. The van der Waals surface area contributed by atoms with Gasteiger partial charge in [0, 0.05) is 28.8 Å². The summed E-state index contributed by atoms with van der Waals surface area (Å²) in [7, 11) is -1.25. The standard InChI is InChI=1S/C27H26F3NOS/c28-22-7-3-20(4-8-22)27(21-5-9-23(29)10-6-21)2-1-17-31-18-15-26(16-19-31)33(32)25-13-11-24(30)12-14-25/h3-15,27H,1-2,16-19H2. The summed E-state index contributed by atoms with van der Waals surface area (Å²) in [6.07, 6.45) is 4.50. The van der Waals surface area contributed by atoms with Crippen LogP contribution in [0.2, 0.25) is 0 Å². The zero-order chi connectivity index (χ0) is 23.2. The van der Waals surface area contributed by atoms with Gasteiger partial charge in [-0.05, 0) is 85.5 Å². The van der Waals surface area contributed by atoms with Crippen molar-refractivity contribution in [2.45, 2.75) is 30.1 Å². The molecule has 1 heterocycles. The molecule has 3 aromatic carbocycles. The predicted molar refractivity (Wildman–Crippen MR) is 126 cm³/mol. The molecule has 0 saturated heterocycles. The average molecular weight is 470 g/mol. The highest BCUT2D eigenvalue weighted by Gasteiger charge is 2.19. The number of rotatable bonds is 8. The number of nitrogens with zero attached hydrogens (tertiary/aromatic N) is 1. The molecule has 0 aliphatic carbocycles. The highest BCUT2D eigenvalue weighted by molar-refractivity contribution is 7.89. The second-order valence-electron chi connectivity index (χ2n) is 8.24. The summed E-state index contributed by atoms with van der Waals surface area (Å²) in [6, 6.07) is 18.8. The molecular weight excluding hydrogens is 443 g/mol. The van der Waals surface area contributed by atoms with Crippen LogP contribution in [0.1, 0.15) is 36.3 Å². The summed E-state index contributed by atoms with van der Waals surface area (Å²) in [6.45, 7) is 2.42. The van der Waals surface area contributed by atoms with Crippen LogP contribution in [0.4, 0.5) is 13.2 Å². The van der Waals surface area contributed by atoms with E-state index in [9.17, 15) is 17.4 Å². The molecule has 1 atom stereocenters. The molecule has 0 spiro atoms. The van der Waals surface area contributed by atoms with Crippen LogP contribution < -0.4 is 0 Å². The molecule has 1 aliphatic heterocycles. The van der Waals surface area contributed by atoms with E-state index in [2.05, 4.69) is 4.90 Å². The van der Waals surface area contributed by atoms with Gasteiger partial charge in [-0.25, -0.2) is 17.4 Å². The van der Waals surface area contributed by atoms with Crippen molar-refractivity contribution in [3.05, 3.63) is 112 Å². The molecule has 0 saturated carbocycles. The van der Waals surface area contributed by atoms with E-state index in [1.165, 1.54) is 36.4 Å². The fourth-order valence-electron chi connectivity index (χ4n) is 4.21. The highest BCUT2D eigenvalue weighted by atomic mass is 32.2. The van der Waals surface area contributed by atoms with Crippen molar-refractivity contribution in [1.82, 2.24) is 4.90 Å². The van der Waals surface area contributed by atoms with Crippen molar-refractivity contribution in [1.29, 1.82) is 0 Å². The first-order chi connectivity index (χ1) is 16.0. The maximum absolute atomic E-state index is 13.4. The van der Waals surface area contributed by atoms with Gasteiger partial charge in [0.1, 0.15) is 17.5 Å². The Bertz CT molecular complexity index is 1070. The van der Waals surface area contributed by atoms with Crippen LogP contribution in [0.3, 0.4) is 0 Å². The van der Waals surface area contributed by atoms with E-state index in [4.69, 9.17) is 0 Å². The summed E-state index contributed by atoms with van der Waals surface area (Å²) >= 11 is 0. The minimum Gasteiger partial charge on any atom is -0.299 e. The number of hydrogen-bond acceptors (Lipinski definition) is 2. The Morgan fingerprint density at radius 3 is 1.79 bits per heavy atom. The van der Waals surface area contributed by atoms with Crippen LogP contribution in [0.15, 0.2) is 88.7 Å². The zero-order valence-corrected chi connectivity index (χ0v) is 19.0. The SMILES string of the molecule is O=S(C1=CCN(CCCC(c2ccc(F)cc2)c2ccc(F)cc2)CC1)c1ccc(F)cc1. The van der Waals surface area contributed by atoms with Gasteiger partial charge in [-0.3, -0.25) is 4.90 Å². The molecule has 172 valence electrons. The molecule has 4 rings (SSSR count). The van der Waals surface area contributed by atoms with E-state index in [1.54, 1.807) is 36.4 Å². The van der Waals surface area contributed by atoms with Gasteiger partial charge in [-0.15, -0.1) is 0 Å².